The van der Waals surface area contributed by atoms with Crippen LogP contribution in [0.4, 0.5) is 5.69 Å². The number of aromatic nitrogens is 4. The van der Waals surface area contributed by atoms with Crippen molar-refractivity contribution in [2.75, 3.05) is 5.73 Å². The Morgan fingerprint density at radius 1 is 1.10 bits per heavy atom. The quantitative estimate of drug-likeness (QED) is 0.481. The fourth-order valence-corrected chi connectivity index (χ4v) is 2.69. The van der Waals surface area contributed by atoms with Gasteiger partial charge in [-0.1, -0.05) is 0 Å². The molecule has 0 saturated carbocycles. The van der Waals surface area contributed by atoms with Gasteiger partial charge in [-0.2, -0.15) is 0 Å². The van der Waals surface area contributed by atoms with Crippen LogP contribution in [0.2, 0.25) is 0 Å². The lowest BCUT2D eigenvalue weighted by atomic mass is 10.2. The molecule has 2 aromatic heterocycles. The summed E-state index contributed by atoms with van der Waals surface area (Å²) in [6.45, 7) is 1.72. The van der Waals surface area contributed by atoms with Gasteiger partial charge in [0.25, 0.3) is 11.1 Å². The molecule has 0 aliphatic rings. The van der Waals surface area contributed by atoms with Gasteiger partial charge in [-0.15, -0.1) is 0 Å². The van der Waals surface area contributed by atoms with Gasteiger partial charge in [0.1, 0.15) is 0 Å². The highest BCUT2D eigenvalue weighted by Crippen LogP contribution is 2.21. The monoisotopic (exact) mass is 301 g/mol. The molecule has 0 radical (unpaired) electrons. The van der Waals surface area contributed by atoms with E-state index in [-0.39, 0.29) is 11.1 Å². The standard InChI is InChI=1S/C13H11N5O2S/c1-6-4-10(19)17-12(15-6)21-13-16-9-3-2-7(14)5-8(9)11(20)18-13/h2-5H,14H2,1H3,(H,15,17,19)(H,16,18,20). The number of nitrogens with one attached hydrogen (secondary N) is 2. The van der Waals surface area contributed by atoms with E-state index in [1.165, 1.54) is 6.07 Å². The summed E-state index contributed by atoms with van der Waals surface area (Å²) in [4.78, 5) is 37.2. The molecule has 21 heavy (non-hydrogen) atoms. The second-order valence-corrected chi connectivity index (χ2v) is 5.42. The Morgan fingerprint density at radius 3 is 2.62 bits per heavy atom. The van der Waals surface area contributed by atoms with Gasteiger partial charge in [0.15, 0.2) is 10.3 Å². The molecule has 2 heterocycles. The van der Waals surface area contributed by atoms with Gasteiger partial charge in [0.05, 0.1) is 10.9 Å². The number of aryl methyl sites for hydroxylation is 1. The molecule has 0 spiro atoms. The maximum absolute atomic E-state index is 12.0. The van der Waals surface area contributed by atoms with Crippen LogP contribution in [0, 0.1) is 6.92 Å². The Hall–Kier alpha value is -2.61. The third kappa shape index (κ3) is 2.79. The highest BCUT2D eigenvalue weighted by atomic mass is 32.2. The molecule has 8 heteroatoms. The van der Waals surface area contributed by atoms with Crippen LogP contribution >= 0.6 is 11.8 Å². The van der Waals surface area contributed by atoms with Crippen LogP contribution in [0.15, 0.2) is 44.2 Å². The van der Waals surface area contributed by atoms with Gasteiger partial charge >= 0.3 is 0 Å². The van der Waals surface area contributed by atoms with E-state index in [2.05, 4.69) is 19.9 Å². The number of anilines is 1. The number of benzene rings is 1. The summed E-state index contributed by atoms with van der Waals surface area (Å²) in [5, 5.41) is 1.15. The van der Waals surface area contributed by atoms with Crippen molar-refractivity contribution in [3.05, 3.63) is 50.7 Å². The zero-order chi connectivity index (χ0) is 15.0. The number of aromatic amines is 2. The molecule has 0 bridgehead atoms. The minimum atomic E-state index is -0.287. The molecule has 0 aliphatic heterocycles. The molecule has 1 aromatic carbocycles. The van der Waals surface area contributed by atoms with E-state index in [0.29, 0.717) is 32.6 Å². The van der Waals surface area contributed by atoms with Gasteiger partial charge in [-0.3, -0.25) is 9.59 Å². The minimum absolute atomic E-state index is 0.249. The summed E-state index contributed by atoms with van der Waals surface area (Å²) < 4.78 is 0. The third-order valence-electron chi connectivity index (χ3n) is 2.75. The van der Waals surface area contributed by atoms with Crippen molar-refractivity contribution >= 4 is 28.4 Å². The summed E-state index contributed by atoms with van der Waals surface area (Å²) in [7, 11) is 0. The average molecular weight is 301 g/mol. The first kappa shape index (κ1) is 13.4. The Balaban J connectivity index is 2.07. The minimum Gasteiger partial charge on any atom is -0.399 e. The first-order valence-corrected chi connectivity index (χ1v) is 6.88. The molecule has 0 aliphatic carbocycles. The van der Waals surface area contributed by atoms with Crippen molar-refractivity contribution in [2.24, 2.45) is 0 Å². The fraction of sp³-hybridized carbons (Fsp3) is 0.0769. The summed E-state index contributed by atoms with van der Waals surface area (Å²) in [6, 6.07) is 6.32. The van der Waals surface area contributed by atoms with Crippen LogP contribution < -0.4 is 16.9 Å². The van der Waals surface area contributed by atoms with Crippen LogP contribution in [0.25, 0.3) is 10.9 Å². The topological polar surface area (TPSA) is 118 Å². The molecule has 7 nitrogen and oxygen atoms in total. The molecule has 4 N–H and O–H groups in total. The lowest BCUT2D eigenvalue weighted by molar-refractivity contribution is 0.890. The molecule has 0 unspecified atom stereocenters. The highest BCUT2D eigenvalue weighted by molar-refractivity contribution is 7.99. The number of fused-ring (bicyclic) bond motifs is 1. The van der Waals surface area contributed by atoms with E-state index in [9.17, 15) is 9.59 Å². The number of nitrogens with two attached hydrogens (primary N) is 1. The van der Waals surface area contributed by atoms with Crippen molar-refractivity contribution < 1.29 is 0 Å². The normalized spacial score (nSPS) is 10.9. The van der Waals surface area contributed by atoms with Crippen molar-refractivity contribution in [1.29, 1.82) is 0 Å². The second kappa shape index (κ2) is 5.06. The van der Waals surface area contributed by atoms with Crippen molar-refractivity contribution in [3.8, 4) is 0 Å². The van der Waals surface area contributed by atoms with Gasteiger partial charge in [-0.05, 0) is 36.9 Å². The molecule has 3 rings (SSSR count). The molecule has 0 atom stereocenters. The number of rotatable bonds is 2. The predicted octanol–water partition coefficient (Wildman–Crippen LogP) is 1.05. The lowest BCUT2D eigenvalue weighted by Crippen LogP contribution is -2.11. The number of hydrogen-bond donors (Lipinski definition) is 3. The van der Waals surface area contributed by atoms with Crippen molar-refractivity contribution in [3.63, 3.8) is 0 Å². The Labute approximate surface area is 122 Å². The van der Waals surface area contributed by atoms with Crippen LogP contribution in [-0.4, -0.2) is 19.9 Å². The fourth-order valence-electron chi connectivity index (χ4n) is 1.87. The summed E-state index contributed by atoms with van der Waals surface area (Å²) in [6.07, 6.45) is 0. The SMILES string of the molecule is Cc1cc(=O)[nH]c(Sc2nc3ccc(N)cc3c(=O)[nH]2)n1. The molecule has 0 fully saturated rings. The molecule has 3 aromatic rings. The van der Waals surface area contributed by atoms with Gasteiger partial charge < -0.3 is 15.7 Å². The van der Waals surface area contributed by atoms with Gasteiger partial charge in [0.2, 0.25) is 0 Å². The maximum atomic E-state index is 12.0. The summed E-state index contributed by atoms with van der Waals surface area (Å²) in [5.74, 6) is 0. The summed E-state index contributed by atoms with van der Waals surface area (Å²) >= 11 is 1.08. The molecular weight excluding hydrogens is 290 g/mol. The van der Waals surface area contributed by atoms with Crippen LogP contribution in [-0.2, 0) is 0 Å². The average Bonchev–Trinajstić information content (AvgIpc) is 2.38. The largest absolute Gasteiger partial charge is 0.399 e. The van der Waals surface area contributed by atoms with Crippen LogP contribution in [0.3, 0.4) is 0 Å². The van der Waals surface area contributed by atoms with E-state index >= 15 is 0 Å². The van der Waals surface area contributed by atoms with E-state index < -0.39 is 0 Å². The van der Waals surface area contributed by atoms with Gasteiger partial charge in [-0.25, -0.2) is 9.97 Å². The van der Waals surface area contributed by atoms with Crippen molar-refractivity contribution in [2.45, 2.75) is 17.2 Å². The first-order valence-electron chi connectivity index (χ1n) is 6.06. The molecule has 0 saturated heterocycles. The lowest BCUT2D eigenvalue weighted by Gasteiger charge is -2.03. The van der Waals surface area contributed by atoms with Crippen LogP contribution in [0.5, 0.6) is 0 Å². The Bertz CT molecular complexity index is 947. The molecule has 0 amide bonds. The second-order valence-electron chi connectivity index (χ2n) is 4.44. The molecule has 106 valence electrons. The van der Waals surface area contributed by atoms with E-state index in [0.717, 1.165) is 11.8 Å². The summed E-state index contributed by atoms with van der Waals surface area (Å²) in [5.41, 5.74) is 6.74. The number of H-pyrrole nitrogens is 2. The Kier molecular flexibility index (Phi) is 3.22. The zero-order valence-electron chi connectivity index (χ0n) is 11.0. The Morgan fingerprint density at radius 2 is 1.86 bits per heavy atom. The highest BCUT2D eigenvalue weighted by Gasteiger charge is 2.08. The number of nitrogen functional groups attached to an aromatic ring is 1. The van der Waals surface area contributed by atoms with Crippen LogP contribution in [0.1, 0.15) is 5.69 Å². The third-order valence-corrected chi connectivity index (χ3v) is 3.52. The number of hydrogen-bond acceptors (Lipinski definition) is 6. The maximum Gasteiger partial charge on any atom is 0.259 e. The first-order chi connectivity index (χ1) is 10.0. The smallest absolute Gasteiger partial charge is 0.259 e. The molecular formula is C13H11N5O2S. The number of nitrogens with zero attached hydrogens (tertiary/aromatic N) is 2. The van der Waals surface area contributed by atoms with E-state index in [1.807, 2.05) is 0 Å². The van der Waals surface area contributed by atoms with Crippen molar-refractivity contribution in [1.82, 2.24) is 19.9 Å². The van der Waals surface area contributed by atoms with E-state index in [1.54, 1.807) is 25.1 Å². The zero-order valence-corrected chi connectivity index (χ0v) is 11.8. The predicted molar refractivity (Wildman–Crippen MR) is 80.5 cm³/mol. The van der Waals surface area contributed by atoms with E-state index in [4.69, 9.17) is 5.73 Å². The van der Waals surface area contributed by atoms with Gasteiger partial charge in [0, 0.05) is 17.4 Å².